The van der Waals surface area contributed by atoms with E-state index in [4.69, 9.17) is 5.10 Å². The first kappa shape index (κ1) is 15.3. The van der Waals surface area contributed by atoms with Crippen LogP contribution in [0.2, 0.25) is 0 Å². The number of nitrogens with zero attached hydrogens (tertiary/aromatic N) is 4. The highest BCUT2D eigenvalue weighted by molar-refractivity contribution is 5.99. The van der Waals surface area contributed by atoms with Crippen LogP contribution in [0.5, 0.6) is 0 Å². The number of fused-ring (bicyclic) bond motifs is 2. The van der Waals surface area contributed by atoms with Gasteiger partial charge in [0.05, 0.1) is 17.6 Å². The molecule has 0 saturated carbocycles. The monoisotopic (exact) mass is 345 g/mol. The smallest absolute Gasteiger partial charge is 0.251 e. The van der Waals surface area contributed by atoms with E-state index >= 15 is 0 Å². The van der Waals surface area contributed by atoms with Gasteiger partial charge in [-0.05, 0) is 42.8 Å². The second-order valence-electron chi connectivity index (χ2n) is 6.93. The van der Waals surface area contributed by atoms with Crippen LogP contribution in [0.15, 0.2) is 42.6 Å². The van der Waals surface area contributed by atoms with Gasteiger partial charge >= 0.3 is 0 Å². The van der Waals surface area contributed by atoms with Crippen LogP contribution >= 0.6 is 0 Å². The van der Waals surface area contributed by atoms with Crippen molar-refractivity contribution in [3.8, 4) is 11.3 Å². The zero-order chi connectivity index (χ0) is 17.7. The van der Waals surface area contributed by atoms with E-state index in [2.05, 4.69) is 28.3 Å². The Kier molecular flexibility index (Phi) is 3.39. The molecule has 2 aliphatic rings. The van der Waals surface area contributed by atoms with Crippen LogP contribution < -0.4 is 5.32 Å². The number of carbonyl (C=O) groups excluding carboxylic acids is 1. The van der Waals surface area contributed by atoms with E-state index in [-0.39, 0.29) is 5.91 Å². The number of amides is 1. The first-order chi connectivity index (χ1) is 12.7. The molecule has 0 spiro atoms. The number of likely N-dealkylation sites (N-methyl/N-ethyl adjacent to an activating group) is 1. The van der Waals surface area contributed by atoms with Crippen LogP contribution in [0, 0.1) is 0 Å². The standard InChI is InChI=1S/C20H19N5O/c1-24-8-6-13(7-9-24)17-4-5-19-21-12-18(25(19)23-17)14-2-3-15-11-22-20(26)16(15)10-14/h2-6,10,12H,7-9,11H2,1H3,(H,22,26). The Hall–Kier alpha value is -2.99. The van der Waals surface area contributed by atoms with Gasteiger partial charge in [-0.2, -0.15) is 5.10 Å². The van der Waals surface area contributed by atoms with Crippen molar-refractivity contribution in [3.63, 3.8) is 0 Å². The van der Waals surface area contributed by atoms with Gasteiger partial charge in [-0.25, -0.2) is 9.50 Å². The highest BCUT2D eigenvalue weighted by atomic mass is 16.1. The molecule has 130 valence electrons. The first-order valence-corrected chi connectivity index (χ1v) is 8.83. The minimum atomic E-state index is -0.0131. The number of imidazole rings is 1. The predicted octanol–water partition coefficient (Wildman–Crippen LogP) is 2.36. The summed E-state index contributed by atoms with van der Waals surface area (Å²) in [5.41, 5.74) is 6.71. The molecule has 3 aromatic rings. The van der Waals surface area contributed by atoms with Crippen molar-refractivity contribution < 1.29 is 4.79 Å². The average molecular weight is 345 g/mol. The van der Waals surface area contributed by atoms with Crippen LogP contribution in [0.1, 0.15) is 28.0 Å². The number of nitrogens with one attached hydrogen (secondary N) is 1. The molecular weight excluding hydrogens is 326 g/mol. The molecule has 2 aromatic heterocycles. The van der Waals surface area contributed by atoms with Crippen molar-refractivity contribution in [1.82, 2.24) is 24.8 Å². The Bertz CT molecular complexity index is 1070. The fraction of sp³-hybridized carbons (Fsp3) is 0.250. The molecule has 6 heteroatoms. The summed E-state index contributed by atoms with van der Waals surface area (Å²) in [6.07, 6.45) is 5.07. The molecule has 6 nitrogen and oxygen atoms in total. The van der Waals surface area contributed by atoms with Gasteiger partial charge in [-0.1, -0.05) is 18.2 Å². The molecule has 2 aliphatic heterocycles. The number of carbonyl (C=O) groups is 1. The molecule has 0 fully saturated rings. The largest absolute Gasteiger partial charge is 0.348 e. The maximum Gasteiger partial charge on any atom is 0.251 e. The molecule has 0 unspecified atom stereocenters. The van der Waals surface area contributed by atoms with E-state index in [9.17, 15) is 4.79 Å². The molecule has 0 atom stereocenters. The maximum atomic E-state index is 12.0. The zero-order valence-electron chi connectivity index (χ0n) is 14.6. The van der Waals surface area contributed by atoms with E-state index in [0.29, 0.717) is 6.54 Å². The second kappa shape index (κ2) is 5.78. The van der Waals surface area contributed by atoms with Crippen LogP contribution in [0.3, 0.4) is 0 Å². The summed E-state index contributed by atoms with van der Waals surface area (Å²) in [6, 6.07) is 10.0. The highest BCUT2D eigenvalue weighted by Crippen LogP contribution is 2.27. The summed E-state index contributed by atoms with van der Waals surface area (Å²) in [4.78, 5) is 18.7. The fourth-order valence-corrected chi connectivity index (χ4v) is 3.62. The molecule has 0 radical (unpaired) electrons. The van der Waals surface area contributed by atoms with Crippen molar-refractivity contribution in [2.24, 2.45) is 0 Å². The number of benzene rings is 1. The van der Waals surface area contributed by atoms with E-state index in [0.717, 1.165) is 53.2 Å². The molecule has 1 aromatic carbocycles. The van der Waals surface area contributed by atoms with Gasteiger partial charge in [-0.3, -0.25) is 4.79 Å². The average Bonchev–Trinajstić information content (AvgIpc) is 3.25. The normalized spacial score (nSPS) is 17.3. The second-order valence-corrected chi connectivity index (χ2v) is 6.93. The fourth-order valence-electron chi connectivity index (χ4n) is 3.62. The van der Waals surface area contributed by atoms with Gasteiger partial charge in [-0.15, -0.1) is 0 Å². The van der Waals surface area contributed by atoms with Crippen LogP contribution in [0.25, 0.3) is 22.5 Å². The van der Waals surface area contributed by atoms with Crippen LogP contribution in [-0.2, 0) is 6.54 Å². The molecule has 0 bridgehead atoms. The summed E-state index contributed by atoms with van der Waals surface area (Å²) < 4.78 is 1.88. The van der Waals surface area contributed by atoms with Gasteiger partial charge in [0.1, 0.15) is 0 Å². The lowest BCUT2D eigenvalue weighted by Crippen LogP contribution is -2.24. The topological polar surface area (TPSA) is 62.5 Å². The molecule has 0 saturated heterocycles. The van der Waals surface area contributed by atoms with Gasteiger partial charge in [0, 0.05) is 30.8 Å². The van der Waals surface area contributed by atoms with E-state index in [1.165, 1.54) is 5.57 Å². The lowest BCUT2D eigenvalue weighted by Gasteiger charge is -2.21. The Morgan fingerprint density at radius 1 is 1.19 bits per heavy atom. The van der Waals surface area contributed by atoms with Crippen molar-refractivity contribution in [2.75, 3.05) is 20.1 Å². The quantitative estimate of drug-likeness (QED) is 0.774. The van der Waals surface area contributed by atoms with E-state index < -0.39 is 0 Å². The zero-order valence-corrected chi connectivity index (χ0v) is 14.6. The summed E-state index contributed by atoms with van der Waals surface area (Å²) >= 11 is 0. The third-order valence-electron chi connectivity index (χ3n) is 5.19. The van der Waals surface area contributed by atoms with E-state index in [1.54, 1.807) is 0 Å². The molecule has 4 heterocycles. The van der Waals surface area contributed by atoms with Crippen molar-refractivity contribution in [1.29, 1.82) is 0 Å². The third-order valence-corrected chi connectivity index (χ3v) is 5.19. The maximum absolute atomic E-state index is 12.0. The number of hydrogen-bond acceptors (Lipinski definition) is 4. The SMILES string of the molecule is CN1CC=C(c2ccc3ncc(-c4ccc5c(c4)C(=O)NC5)n3n2)CC1. The molecule has 1 N–H and O–H groups in total. The Morgan fingerprint density at radius 3 is 2.96 bits per heavy atom. The van der Waals surface area contributed by atoms with Gasteiger partial charge < -0.3 is 10.2 Å². The molecule has 0 aliphatic carbocycles. The van der Waals surface area contributed by atoms with Crippen molar-refractivity contribution >= 4 is 17.1 Å². The molecule has 5 rings (SSSR count). The minimum absolute atomic E-state index is 0.0131. The minimum Gasteiger partial charge on any atom is -0.348 e. The Labute approximate surface area is 151 Å². The predicted molar refractivity (Wildman–Crippen MR) is 99.7 cm³/mol. The summed E-state index contributed by atoms with van der Waals surface area (Å²) in [6.45, 7) is 2.60. The summed E-state index contributed by atoms with van der Waals surface area (Å²) in [7, 11) is 2.13. The molecular formula is C20H19N5O. The number of aromatic nitrogens is 3. The number of rotatable bonds is 2. The Balaban J connectivity index is 1.60. The first-order valence-electron chi connectivity index (χ1n) is 8.83. The lowest BCUT2D eigenvalue weighted by molar-refractivity contribution is 0.0966. The Morgan fingerprint density at radius 2 is 2.12 bits per heavy atom. The lowest BCUT2D eigenvalue weighted by atomic mass is 10.0. The van der Waals surface area contributed by atoms with Crippen molar-refractivity contribution in [3.05, 3.63) is 59.4 Å². The number of hydrogen-bond donors (Lipinski definition) is 1. The summed E-state index contributed by atoms with van der Waals surface area (Å²) in [5.74, 6) is -0.0131. The van der Waals surface area contributed by atoms with Crippen molar-refractivity contribution in [2.45, 2.75) is 13.0 Å². The van der Waals surface area contributed by atoms with Gasteiger partial charge in [0.25, 0.3) is 5.91 Å². The highest BCUT2D eigenvalue weighted by Gasteiger charge is 2.20. The summed E-state index contributed by atoms with van der Waals surface area (Å²) in [5, 5.41) is 7.70. The van der Waals surface area contributed by atoms with Crippen LogP contribution in [-0.4, -0.2) is 45.5 Å². The third kappa shape index (κ3) is 2.42. The van der Waals surface area contributed by atoms with Gasteiger partial charge in [0.2, 0.25) is 0 Å². The van der Waals surface area contributed by atoms with Crippen LogP contribution in [0.4, 0.5) is 0 Å². The van der Waals surface area contributed by atoms with E-state index in [1.807, 2.05) is 41.0 Å². The molecule has 26 heavy (non-hydrogen) atoms. The molecule has 1 amide bonds. The van der Waals surface area contributed by atoms with Gasteiger partial charge in [0.15, 0.2) is 5.65 Å².